The molecule has 0 atom stereocenters. The van der Waals surface area contributed by atoms with E-state index < -0.39 is 16.1 Å². The summed E-state index contributed by atoms with van der Waals surface area (Å²) in [4.78, 5) is 19.1. The number of hydrogen-bond acceptors (Lipinski definition) is 7. The maximum absolute atomic E-state index is 11.0. The Morgan fingerprint density at radius 1 is 1.18 bits per heavy atom. The van der Waals surface area contributed by atoms with Crippen molar-refractivity contribution in [2.75, 3.05) is 20.0 Å². The van der Waals surface area contributed by atoms with Gasteiger partial charge in [0.25, 0.3) is 10.1 Å². The number of nitrogens with two attached hydrogens (primary N) is 1. The summed E-state index contributed by atoms with van der Waals surface area (Å²) in [6.07, 6.45) is -0.361. The van der Waals surface area contributed by atoms with Gasteiger partial charge in [0.1, 0.15) is 28.6 Å². The van der Waals surface area contributed by atoms with Gasteiger partial charge in [0, 0.05) is 12.1 Å². The van der Waals surface area contributed by atoms with Gasteiger partial charge in [-0.15, -0.1) is 0 Å². The van der Waals surface area contributed by atoms with Crippen LogP contribution < -0.4 is 15.2 Å². The third-order valence-electron chi connectivity index (χ3n) is 2.19. The van der Waals surface area contributed by atoms with Crippen LogP contribution in [0.25, 0.3) is 0 Å². The number of carboxylic acids is 1. The zero-order valence-electron chi connectivity index (χ0n) is 12.2. The molecule has 1 aromatic rings. The van der Waals surface area contributed by atoms with E-state index in [0.717, 1.165) is 6.07 Å². The number of carbonyl (C=O) groups is 2. The normalized spacial score (nSPS) is 10.2. The fourth-order valence-corrected chi connectivity index (χ4v) is 1.96. The van der Waals surface area contributed by atoms with E-state index in [-0.39, 0.29) is 34.3 Å². The number of ether oxygens (including phenoxy) is 2. The first-order valence-electron chi connectivity index (χ1n) is 5.73. The van der Waals surface area contributed by atoms with Gasteiger partial charge in [-0.2, -0.15) is 8.42 Å². The van der Waals surface area contributed by atoms with E-state index in [9.17, 15) is 18.0 Å². The van der Waals surface area contributed by atoms with Crippen molar-refractivity contribution in [2.45, 2.75) is 18.2 Å². The molecule has 10 heteroatoms. The van der Waals surface area contributed by atoms with Gasteiger partial charge in [-0.3, -0.25) is 14.1 Å². The van der Waals surface area contributed by atoms with E-state index in [2.05, 4.69) is 0 Å². The van der Waals surface area contributed by atoms with Crippen LogP contribution in [0.15, 0.2) is 17.0 Å². The summed E-state index contributed by atoms with van der Waals surface area (Å²) in [6, 6.07) is 2.37. The minimum absolute atomic E-state index is 0.0317. The highest BCUT2D eigenvalue weighted by Crippen LogP contribution is 2.33. The molecule has 0 fully saturated rings. The molecule has 0 aliphatic rings. The highest BCUT2D eigenvalue weighted by atomic mass is 32.2. The van der Waals surface area contributed by atoms with Gasteiger partial charge in [0.2, 0.25) is 0 Å². The lowest BCUT2D eigenvalue weighted by molar-refractivity contribution is -0.139. The van der Waals surface area contributed by atoms with E-state index in [4.69, 9.17) is 24.9 Å². The second-order valence-corrected chi connectivity index (χ2v) is 5.38. The highest BCUT2D eigenvalue weighted by Gasteiger charge is 2.19. The Hall–Kier alpha value is -2.33. The largest absolute Gasteiger partial charge is 0.495 e. The molecule has 0 bridgehead atoms. The van der Waals surface area contributed by atoms with Crippen LogP contribution >= 0.6 is 0 Å². The number of anilines is 1. The van der Waals surface area contributed by atoms with Crippen LogP contribution in [0.2, 0.25) is 0 Å². The monoisotopic (exact) mass is 335 g/mol. The van der Waals surface area contributed by atoms with Gasteiger partial charge in [-0.05, 0) is 6.92 Å². The third kappa shape index (κ3) is 6.41. The number of methoxy groups -OCH3 is 2. The smallest absolute Gasteiger partial charge is 0.310 e. The maximum Gasteiger partial charge on any atom is 0.310 e. The minimum Gasteiger partial charge on any atom is -0.495 e. The number of rotatable bonds is 5. The van der Waals surface area contributed by atoms with E-state index in [1.165, 1.54) is 27.2 Å². The molecular formula is C12H17NO8S. The van der Waals surface area contributed by atoms with Crippen LogP contribution in [0, 0.1) is 0 Å². The first kappa shape index (κ1) is 19.7. The Bertz CT molecular complexity index is 641. The summed E-state index contributed by atoms with van der Waals surface area (Å²) in [7, 11) is -1.74. The predicted octanol–water partition coefficient (Wildman–Crippen LogP) is 0.583. The van der Waals surface area contributed by atoms with E-state index in [0.29, 0.717) is 0 Å². The van der Waals surface area contributed by atoms with Gasteiger partial charge >= 0.3 is 5.97 Å². The molecule has 1 aromatic carbocycles. The number of aliphatic carboxylic acids is 1. The molecule has 0 saturated carbocycles. The lowest BCUT2D eigenvalue weighted by atomic mass is 10.3. The summed E-state index contributed by atoms with van der Waals surface area (Å²) in [6.45, 7) is 1.24. The zero-order valence-corrected chi connectivity index (χ0v) is 13.0. The topological polar surface area (TPSA) is 153 Å². The van der Waals surface area contributed by atoms with Gasteiger partial charge in [-0.25, -0.2) is 0 Å². The maximum atomic E-state index is 11.0. The molecular weight excluding hydrogens is 318 g/mol. The van der Waals surface area contributed by atoms with E-state index in [1.54, 1.807) is 0 Å². The standard InChI is InChI=1S/C8H11NO5S.C4H6O3/c1-13-6-4-8(15(10,11)12)7(14-2)3-5(6)9;1-3(5)2-4(6)7/h3-4H,9H2,1-2H3,(H,10,11,12);2H2,1H3,(H,6,7). The molecule has 22 heavy (non-hydrogen) atoms. The molecule has 0 aliphatic heterocycles. The Balaban J connectivity index is 0.000000534. The fraction of sp³-hybridized carbons (Fsp3) is 0.333. The van der Waals surface area contributed by atoms with E-state index in [1.807, 2.05) is 0 Å². The van der Waals surface area contributed by atoms with Crippen molar-refractivity contribution in [3.05, 3.63) is 12.1 Å². The van der Waals surface area contributed by atoms with Crippen molar-refractivity contribution < 1.29 is 37.1 Å². The number of benzene rings is 1. The van der Waals surface area contributed by atoms with Crippen molar-refractivity contribution in [1.29, 1.82) is 0 Å². The molecule has 9 nitrogen and oxygen atoms in total. The molecule has 0 heterocycles. The molecule has 1 rings (SSSR count). The minimum atomic E-state index is -4.36. The lowest BCUT2D eigenvalue weighted by Crippen LogP contribution is -2.03. The van der Waals surface area contributed by atoms with Crippen LogP contribution in [0.3, 0.4) is 0 Å². The van der Waals surface area contributed by atoms with Crippen molar-refractivity contribution in [2.24, 2.45) is 0 Å². The number of hydrogen-bond donors (Lipinski definition) is 3. The Morgan fingerprint density at radius 2 is 1.68 bits per heavy atom. The molecule has 0 amide bonds. The Labute approximate surface area is 127 Å². The van der Waals surface area contributed by atoms with Gasteiger partial charge < -0.3 is 20.3 Å². The fourth-order valence-electron chi connectivity index (χ4n) is 1.31. The van der Waals surface area contributed by atoms with E-state index >= 15 is 0 Å². The quantitative estimate of drug-likeness (QED) is 0.398. The highest BCUT2D eigenvalue weighted by molar-refractivity contribution is 7.86. The second kappa shape index (κ2) is 8.20. The number of carbonyl (C=O) groups excluding carboxylic acids is 1. The molecule has 124 valence electrons. The van der Waals surface area contributed by atoms with Crippen LogP contribution in [0.5, 0.6) is 11.5 Å². The number of nitrogen functional groups attached to an aromatic ring is 1. The van der Waals surface area contributed by atoms with Crippen molar-refractivity contribution in [1.82, 2.24) is 0 Å². The molecule has 0 aliphatic carbocycles. The lowest BCUT2D eigenvalue weighted by Gasteiger charge is -2.10. The van der Waals surface area contributed by atoms with Crippen LogP contribution in [-0.2, 0) is 19.7 Å². The van der Waals surface area contributed by atoms with Gasteiger partial charge in [0.15, 0.2) is 0 Å². The zero-order chi connectivity index (χ0) is 17.5. The van der Waals surface area contributed by atoms with Gasteiger partial charge in [0.05, 0.1) is 19.9 Å². The molecule has 0 radical (unpaired) electrons. The van der Waals surface area contributed by atoms with Crippen molar-refractivity contribution in [3.63, 3.8) is 0 Å². The average molecular weight is 335 g/mol. The van der Waals surface area contributed by atoms with Gasteiger partial charge in [-0.1, -0.05) is 0 Å². The van der Waals surface area contributed by atoms with Crippen LogP contribution in [-0.4, -0.2) is 44.0 Å². The first-order chi connectivity index (χ1) is 10.0. The number of ketones is 1. The molecule has 0 unspecified atom stereocenters. The summed E-state index contributed by atoms with van der Waals surface area (Å²) in [5.74, 6) is -1.25. The molecule has 0 saturated heterocycles. The third-order valence-corrected chi connectivity index (χ3v) is 3.07. The summed E-state index contributed by atoms with van der Waals surface area (Å²) in [5.41, 5.74) is 5.76. The Morgan fingerprint density at radius 3 is 1.95 bits per heavy atom. The summed E-state index contributed by atoms with van der Waals surface area (Å²) < 4.78 is 40.5. The predicted molar refractivity (Wildman–Crippen MR) is 76.7 cm³/mol. The molecule has 0 aromatic heterocycles. The average Bonchev–Trinajstić information content (AvgIpc) is 2.35. The van der Waals surface area contributed by atoms with Crippen LogP contribution in [0.4, 0.5) is 5.69 Å². The first-order valence-corrected chi connectivity index (χ1v) is 7.17. The summed E-state index contributed by atoms with van der Waals surface area (Å²) >= 11 is 0. The molecule has 4 N–H and O–H groups in total. The molecule has 0 spiro atoms. The van der Waals surface area contributed by atoms with Crippen molar-refractivity contribution in [3.8, 4) is 11.5 Å². The second-order valence-electron chi connectivity index (χ2n) is 3.99. The van der Waals surface area contributed by atoms with Crippen LogP contribution in [0.1, 0.15) is 13.3 Å². The number of Topliss-reactive ketones (excluding diaryl/α,β-unsaturated/α-hetero) is 1. The summed E-state index contributed by atoms with van der Waals surface area (Å²) in [5, 5.41) is 7.86. The number of carboxylic acid groups (broad SMARTS) is 1. The van der Waals surface area contributed by atoms with Crippen molar-refractivity contribution >= 4 is 27.6 Å². The SMILES string of the molecule is CC(=O)CC(=O)O.COc1cc(S(=O)(=O)O)c(OC)cc1N. The Kier molecular flexibility index (Phi) is 7.33.